The number of benzene rings is 1. The highest BCUT2D eigenvalue weighted by Crippen LogP contribution is 2.41. The fourth-order valence-electron chi connectivity index (χ4n) is 4.37. The van der Waals surface area contributed by atoms with Gasteiger partial charge >= 0.3 is 6.16 Å². The van der Waals surface area contributed by atoms with Gasteiger partial charge in [-0.25, -0.2) is 4.79 Å². The SMILES string of the molecule is Cl.Cn1c(CN2CCC2)cc2cc3c(cc21)CCc1c-3[nH]c(=O)c(OC(=O)O)c1O. The number of nitrogens with zero attached hydrogens (tertiary/aromatic N) is 2. The van der Waals surface area contributed by atoms with E-state index in [9.17, 15) is 14.7 Å². The lowest BCUT2D eigenvalue weighted by Crippen LogP contribution is -2.36. The van der Waals surface area contributed by atoms with Crippen LogP contribution in [0.1, 0.15) is 23.2 Å². The van der Waals surface area contributed by atoms with E-state index in [1.807, 2.05) is 6.07 Å². The average molecular weight is 432 g/mol. The van der Waals surface area contributed by atoms with Crippen molar-refractivity contribution in [1.82, 2.24) is 14.5 Å². The molecule has 8 nitrogen and oxygen atoms in total. The molecule has 0 saturated carbocycles. The van der Waals surface area contributed by atoms with Crippen LogP contribution in [0.4, 0.5) is 4.79 Å². The number of carbonyl (C=O) groups is 1. The lowest BCUT2D eigenvalue weighted by atomic mass is 9.87. The maximum absolute atomic E-state index is 12.3. The smallest absolute Gasteiger partial charge is 0.504 e. The largest absolute Gasteiger partial charge is 0.511 e. The minimum Gasteiger partial charge on any atom is -0.504 e. The third-order valence-corrected chi connectivity index (χ3v) is 6.05. The molecule has 3 aromatic rings. The van der Waals surface area contributed by atoms with Crippen molar-refractivity contribution in [3.05, 3.63) is 45.4 Å². The number of nitrogens with one attached hydrogen (secondary N) is 1. The number of ether oxygens (including phenoxy) is 1. The number of fused-ring (bicyclic) bond motifs is 4. The van der Waals surface area contributed by atoms with Crippen molar-refractivity contribution in [2.24, 2.45) is 7.05 Å². The van der Waals surface area contributed by atoms with Crippen LogP contribution in [0.2, 0.25) is 0 Å². The van der Waals surface area contributed by atoms with Crippen LogP contribution < -0.4 is 10.3 Å². The second kappa shape index (κ2) is 7.37. The van der Waals surface area contributed by atoms with Gasteiger partial charge in [0.2, 0.25) is 5.75 Å². The molecule has 0 bridgehead atoms. The molecule has 1 aromatic carbocycles. The summed E-state index contributed by atoms with van der Waals surface area (Å²) < 4.78 is 6.70. The summed E-state index contributed by atoms with van der Waals surface area (Å²) in [6.07, 6.45) is 0.774. The molecule has 0 spiro atoms. The normalized spacial score (nSPS) is 15.1. The zero-order valence-corrected chi connectivity index (χ0v) is 17.2. The third-order valence-electron chi connectivity index (χ3n) is 6.05. The number of carboxylic acid groups (broad SMARTS) is 1. The van der Waals surface area contributed by atoms with Crippen LogP contribution in [0.25, 0.3) is 22.2 Å². The molecule has 1 saturated heterocycles. The van der Waals surface area contributed by atoms with E-state index in [0.717, 1.165) is 41.7 Å². The van der Waals surface area contributed by atoms with Gasteiger partial charge in [0.05, 0.1) is 5.69 Å². The fraction of sp³-hybridized carbons (Fsp3) is 0.333. The zero-order valence-electron chi connectivity index (χ0n) is 16.4. The van der Waals surface area contributed by atoms with Gasteiger partial charge in [0, 0.05) is 41.3 Å². The quantitative estimate of drug-likeness (QED) is 0.550. The number of aromatic hydroxyl groups is 1. The molecule has 1 fully saturated rings. The van der Waals surface area contributed by atoms with Gasteiger partial charge in [-0.2, -0.15) is 0 Å². The van der Waals surface area contributed by atoms with E-state index in [1.165, 1.54) is 12.1 Å². The number of pyridine rings is 1. The van der Waals surface area contributed by atoms with Gasteiger partial charge in [0.1, 0.15) is 0 Å². The molecule has 0 amide bonds. The number of aryl methyl sites for hydroxylation is 2. The number of rotatable bonds is 3. The summed E-state index contributed by atoms with van der Waals surface area (Å²) in [6.45, 7) is 3.18. The fourth-order valence-corrected chi connectivity index (χ4v) is 4.37. The van der Waals surface area contributed by atoms with E-state index >= 15 is 0 Å². The Morgan fingerprint density at radius 1 is 1.23 bits per heavy atom. The van der Waals surface area contributed by atoms with Crippen molar-refractivity contribution in [3.63, 3.8) is 0 Å². The minimum atomic E-state index is -1.64. The highest BCUT2D eigenvalue weighted by atomic mass is 35.5. The highest BCUT2D eigenvalue weighted by Gasteiger charge is 2.26. The maximum Gasteiger partial charge on any atom is 0.511 e. The molecule has 1 aliphatic heterocycles. The van der Waals surface area contributed by atoms with Crippen molar-refractivity contribution >= 4 is 29.5 Å². The Hall–Kier alpha value is -2.97. The molecule has 5 rings (SSSR count). The van der Waals surface area contributed by atoms with Crippen LogP contribution in [0.5, 0.6) is 11.5 Å². The minimum absolute atomic E-state index is 0. The second-order valence-corrected chi connectivity index (χ2v) is 7.75. The Morgan fingerprint density at radius 3 is 2.67 bits per heavy atom. The summed E-state index contributed by atoms with van der Waals surface area (Å²) >= 11 is 0. The molecule has 30 heavy (non-hydrogen) atoms. The van der Waals surface area contributed by atoms with Crippen molar-refractivity contribution in [3.8, 4) is 22.8 Å². The first-order valence-electron chi connectivity index (χ1n) is 9.65. The molecule has 158 valence electrons. The predicted octanol–water partition coefficient (Wildman–Crippen LogP) is 3.02. The molecule has 0 radical (unpaired) electrons. The van der Waals surface area contributed by atoms with Gasteiger partial charge in [-0.15, -0.1) is 12.4 Å². The summed E-state index contributed by atoms with van der Waals surface area (Å²) in [5.74, 6) is -0.972. The first kappa shape index (κ1) is 20.3. The third kappa shape index (κ3) is 3.12. The van der Waals surface area contributed by atoms with Gasteiger partial charge in [-0.3, -0.25) is 9.69 Å². The lowest BCUT2D eigenvalue weighted by Gasteiger charge is -2.30. The molecule has 0 atom stereocenters. The number of halogens is 1. The Bertz CT molecular complexity index is 1230. The first-order chi connectivity index (χ1) is 13.9. The summed E-state index contributed by atoms with van der Waals surface area (Å²) in [6, 6.07) is 6.35. The van der Waals surface area contributed by atoms with Crippen molar-refractivity contribution in [2.45, 2.75) is 25.8 Å². The maximum atomic E-state index is 12.3. The molecular formula is C21H22ClN3O5. The van der Waals surface area contributed by atoms with Crippen LogP contribution in [-0.2, 0) is 26.4 Å². The Labute approximate surface area is 178 Å². The van der Waals surface area contributed by atoms with Crippen LogP contribution in [0.3, 0.4) is 0 Å². The van der Waals surface area contributed by atoms with E-state index in [-0.39, 0.29) is 12.4 Å². The van der Waals surface area contributed by atoms with E-state index in [0.29, 0.717) is 24.1 Å². The summed E-state index contributed by atoms with van der Waals surface area (Å²) in [4.78, 5) is 28.3. The number of aromatic amines is 1. The van der Waals surface area contributed by atoms with E-state index in [2.05, 4.69) is 38.4 Å². The molecule has 9 heteroatoms. The zero-order chi connectivity index (χ0) is 20.3. The van der Waals surface area contributed by atoms with Gasteiger partial charge in [0.25, 0.3) is 5.56 Å². The molecule has 2 aliphatic rings. The molecule has 3 N–H and O–H groups in total. The van der Waals surface area contributed by atoms with Crippen LogP contribution in [0, 0.1) is 0 Å². The number of likely N-dealkylation sites (tertiary alicyclic amines) is 1. The van der Waals surface area contributed by atoms with E-state index in [1.54, 1.807) is 0 Å². The van der Waals surface area contributed by atoms with Gasteiger partial charge < -0.3 is 24.5 Å². The topological polar surface area (TPSA) is 108 Å². The van der Waals surface area contributed by atoms with E-state index in [4.69, 9.17) is 5.11 Å². The molecule has 1 aliphatic carbocycles. The average Bonchev–Trinajstić information content (AvgIpc) is 2.95. The van der Waals surface area contributed by atoms with Crippen LogP contribution in [0.15, 0.2) is 23.0 Å². The van der Waals surface area contributed by atoms with Crippen molar-refractivity contribution < 1.29 is 19.7 Å². The number of hydrogen-bond donors (Lipinski definition) is 3. The van der Waals surface area contributed by atoms with Crippen molar-refractivity contribution in [1.29, 1.82) is 0 Å². The Balaban J connectivity index is 0.00000218. The van der Waals surface area contributed by atoms with Crippen molar-refractivity contribution in [2.75, 3.05) is 13.1 Å². The standard InChI is InChI=1S/C21H21N3O5.ClH/c1-23-13(10-24-5-2-6-24)7-12-8-15-11(9-16(12)23)3-4-14-17(15)22-20(26)19(18(14)25)29-21(27)28;/h7-9H,2-6,10H2,1H3,(H,27,28)(H2,22,25,26);1H. The van der Waals surface area contributed by atoms with Gasteiger partial charge in [0.15, 0.2) is 5.75 Å². The summed E-state index contributed by atoms with van der Waals surface area (Å²) in [7, 11) is 2.07. The van der Waals surface area contributed by atoms with Gasteiger partial charge in [-0.05, 0) is 56.1 Å². The molecule has 0 unspecified atom stereocenters. The van der Waals surface area contributed by atoms with Crippen LogP contribution >= 0.6 is 12.4 Å². The summed E-state index contributed by atoms with van der Waals surface area (Å²) in [5, 5.41) is 20.4. The molecule has 3 heterocycles. The molecule has 2 aromatic heterocycles. The number of aromatic nitrogens is 2. The predicted molar refractivity (Wildman–Crippen MR) is 114 cm³/mol. The summed E-state index contributed by atoms with van der Waals surface area (Å²) in [5.41, 5.74) is 4.59. The second-order valence-electron chi connectivity index (χ2n) is 7.75. The molecular weight excluding hydrogens is 410 g/mol. The Morgan fingerprint density at radius 2 is 2.00 bits per heavy atom. The van der Waals surface area contributed by atoms with Gasteiger partial charge in [-0.1, -0.05) is 0 Å². The highest BCUT2D eigenvalue weighted by molar-refractivity contribution is 5.89. The Kier molecular flexibility index (Phi) is 4.99. The monoisotopic (exact) mass is 431 g/mol. The first-order valence-corrected chi connectivity index (χ1v) is 9.65. The van der Waals surface area contributed by atoms with Crippen LogP contribution in [-0.4, -0.2) is 43.9 Å². The van der Waals surface area contributed by atoms with E-state index < -0.39 is 23.2 Å². The lowest BCUT2D eigenvalue weighted by molar-refractivity contribution is 0.142. The number of H-pyrrole nitrogens is 1. The number of hydrogen-bond acceptors (Lipinski definition) is 5.